The second-order valence-electron chi connectivity index (χ2n) is 4.40. The second kappa shape index (κ2) is 7.51. The van der Waals surface area contributed by atoms with Crippen molar-refractivity contribution in [3.63, 3.8) is 0 Å². The lowest BCUT2D eigenvalue weighted by Gasteiger charge is -2.14. The van der Waals surface area contributed by atoms with E-state index in [1.165, 1.54) is 18.2 Å². The van der Waals surface area contributed by atoms with Gasteiger partial charge in [-0.3, -0.25) is 10.1 Å². The average molecular weight is 334 g/mol. The first-order valence-electron chi connectivity index (χ1n) is 6.12. The van der Waals surface area contributed by atoms with Crippen LogP contribution in [-0.2, 0) is 10.0 Å². The Balaban J connectivity index is 0.00000220. The van der Waals surface area contributed by atoms with Crippen LogP contribution >= 0.6 is 12.4 Å². The minimum atomic E-state index is -3.73. The molecular weight excluding hydrogens is 318 g/mol. The van der Waals surface area contributed by atoms with E-state index in [2.05, 4.69) is 10.0 Å². The summed E-state index contributed by atoms with van der Waals surface area (Å²) in [6, 6.07) is 5.01. The molecule has 0 bridgehead atoms. The molecule has 0 atom stereocenters. The zero-order chi connectivity index (χ0) is 14.6. The molecule has 0 unspecified atom stereocenters. The van der Waals surface area contributed by atoms with E-state index in [0.29, 0.717) is 0 Å². The molecule has 0 amide bonds. The van der Waals surface area contributed by atoms with Crippen LogP contribution in [0.2, 0.25) is 0 Å². The Morgan fingerprint density at radius 2 is 2.14 bits per heavy atom. The molecule has 1 aliphatic rings. The van der Waals surface area contributed by atoms with Crippen LogP contribution in [0.15, 0.2) is 40.8 Å². The monoisotopic (exact) mass is 333 g/mol. The van der Waals surface area contributed by atoms with Gasteiger partial charge in [0.05, 0.1) is 9.82 Å². The summed E-state index contributed by atoms with van der Waals surface area (Å²) in [5.74, 6) is 0. The van der Waals surface area contributed by atoms with Crippen LogP contribution in [0, 0.1) is 10.1 Å². The number of nitrogens with zero attached hydrogens (tertiary/aromatic N) is 1. The predicted octanol–water partition coefficient (Wildman–Crippen LogP) is 1.21. The zero-order valence-corrected chi connectivity index (χ0v) is 12.7. The molecular formula is C12H16ClN3O4S. The quantitative estimate of drug-likeness (QED) is 0.479. The van der Waals surface area contributed by atoms with Crippen molar-refractivity contribution in [2.24, 2.45) is 0 Å². The van der Waals surface area contributed by atoms with Crippen LogP contribution in [0.3, 0.4) is 0 Å². The van der Waals surface area contributed by atoms with Crippen LogP contribution in [0.25, 0.3) is 0 Å². The maximum Gasteiger partial charge on any atom is 0.270 e. The number of hydrogen-bond acceptors (Lipinski definition) is 5. The van der Waals surface area contributed by atoms with Gasteiger partial charge in [0.1, 0.15) is 0 Å². The van der Waals surface area contributed by atoms with Crippen LogP contribution in [0.5, 0.6) is 0 Å². The van der Waals surface area contributed by atoms with Crippen LogP contribution in [0.4, 0.5) is 5.69 Å². The number of non-ortho nitro benzene ring substituents is 1. The maximum absolute atomic E-state index is 12.1. The third-order valence-electron chi connectivity index (χ3n) is 2.99. The molecule has 1 aromatic carbocycles. The number of hydrogen-bond donors (Lipinski definition) is 2. The number of nitrogens with one attached hydrogen (secondary N) is 2. The first-order valence-corrected chi connectivity index (χ1v) is 7.60. The van der Waals surface area contributed by atoms with E-state index in [-0.39, 0.29) is 29.5 Å². The fourth-order valence-corrected chi connectivity index (χ4v) is 2.94. The Kier molecular flexibility index (Phi) is 6.28. The highest BCUT2D eigenvalue weighted by molar-refractivity contribution is 7.89. The number of rotatable bonds is 5. The van der Waals surface area contributed by atoms with Crippen molar-refractivity contribution < 1.29 is 13.3 Å². The van der Waals surface area contributed by atoms with Crippen molar-refractivity contribution in [1.29, 1.82) is 0 Å². The van der Waals surface area contributed by atoms with Crippen molar-refractivity contribution in [1.82, 2.24) is 10.0 Å². The molecule has 0 radical (unpaired) electrons. The molecule has 2 rings (SSSR count). The van der Waals surface area contributed by atoms with E-state index >= 15 is 0 Å². The van der Waals surface area contributed by atoms with Gasteiger partial charge in [-0.25, -0.2) is 13.1 Å². The Morgan fingerprint density at radius 3 is 2.76 bits per heavy atom. The molecule has 1 heterocycles. The van der Waals surface area contributed by atoms with Gasteiger partial charge < -0.3 is 5.32 Å². The molecule has 0 aromatic heterocycles. The highest BCUT2D eigenvalue weighted by atomic mass is 35.5. The van der Waals surface area contributed by atoms with Gasteiger partial charge in [-0.05, 0) is 19.0 Å². The summed E-state index contributed by atoms with van der Waals surface area (Å²) in [6.45, 7) is 1.78. The lowest BCUT2D eigenvalue weighted by molar-refractivity contribution is -0.385. The standard InChI is InChI=1S/C12H15N3O4S.ClH/c16-15(17)11-2-1-3-12(8-11)20(18,19)14-9-10-4-6-13-7-5-10;/h1-4,8,13-14H,5-7,9H2;1H. The highest BCUT2D eigenvalue weighted by Crippen LogP contribution is 2.17. The summed E-state index contributed by atoms with van der Waals surface area (Å²) in [4.78, 5) is 9.95. The SMILES string of the molecule is Cl.O=[N+]([O-])c1cccc(S(=O)(=O)NCC2=CCNCC2)c1. The minimum Gasteiger partial charge on any atom is -0.313 e. The lowest BCUT2D eigenvalue weighted by atomic mass is 10.1. The third-order valence-corrected chi connectivity index (χ3v) is 4.38. The van der Waals surface area contributed by atoms with Crippen LogP contribution < -0.4 is 10.0 Å². The lowest BCUT2D eigenvalue weighted by Crippen LogP contribution is -2.29. The van der Waals surface area contributed by atoms with Gasteiger partial charge in [0.25, 0.3) is 5.69 Å². The Morgan fingerprint density at radius 1 is 1.38 bits per heavy atom. The largest absolute Gasteiger partial charge is 0.313 e. The number of sulfonamides is 1. The first-order chi connectivity index (χ1) is 9.49. The molecule has 2 N–H and O–H groups in total. The highest BCUT2D eigenvalue weighted by Gasteiger charge is 2.17. The van der Waals surface area contributed by atoms with Crippen LogP contribution in [0.1, 0.15) is 6.42 Å². The summed E-state index contributed by atoms with van der Waals surface area (Å²) >= 11 is 0. The molecule has 0 fully saturated rings. The molecule has 1 aromatic rings. The van der Waals surface area contributed by atoms with Gasteiger partial charge in [0.2, 0.25) is 10.0 Å². The maximum atomic E-state index is 12.1. The Labute approximate surface area is 129 Å². The summed E-state index contributed by atoms with van der Waals surface area (Å²) in [6.07, 6.45) is 2.73. The molecule has 0 aliphatic carbocycles. The summed E-state index contributed by atoms with van der Waals surface area (Å²) in [7, 11) is -3.73. The van der Waals surface area contributed by atoms with Gasteiger partial charge in [-0.15, -0.1) is 12.4 Å². The predicted molar refractivity (Wildman–Crippen MR) is 81.1 cm³/mol. The smallest absolute Gasteiger partial charge is 0.270 e. The third kappa shape index (κ3) is 4.78. The zero-order valence-electron chi connectivity index (χ0n) is 11.1. The number of nitro groups is 1. The molecule has 0 saturated heterocycles. The van der Waals surface area contributed by atoms with Gasteiger partial charge in [0.15, 0.2) is 0 Å². The fraction of sp³-hybridized carbons (Fsp3) is 0.333. The number of nitro benzene ring substituents is 1. The Bertz CT molecular complexity index is 646. The van der Waals surface area contributed by atoms with Crippen molar-refractivity contribution >= 4 is 28.1 Å². The molecule has 0 spiro atoms. The van der Waals surface area contributed by atoms with Gasteiger partial charge in [-0.2, -0.15) is 0 Å². The van der Waals surface area contributed by atoms with Crippen molar-refractivity contribution in [3.05, 3.63) is 46.0 Å². The molecule has 116 valence electrons. The number of halogens is 1. The average Bonchev–Trinajstić information content (AvgIpc) is 2.46. The molecule has 9 heteroatoms. The fourth-order valence-electron chi connectivity index (χ4n) is 1.87. The topological polar surface area (TPSA) is 101 Å². The van der Waals surface area contributed by atoms with Gasteiger partial charge >= 0.3 is 0 Å². The van der Waals surface area contributed by atoms with Crippen molar-refractivity contribution in [2.45, 2.75) is 11.3 Å². The van der Waals surface area contributed by atoms with E-state index in [0.717, 1.165) is 31.1 Å². The second-order valence-corrected chi connectivity index (χ2v) is 6.16. The van der Waals surface area contributed by atoms with E-state index in [1.54, 1.807) is 0 Å². The summed E-state index contributed by atoms with van der Waals surface area (Å²) in [5.41, 5.74) is 0.770. The van der Waals surface area contributed by atoms with E-state index in [1.807, 2.05) is 6.08 Å². The Hall–Kier alpha value is -1.48. The van der Waals surface area contributed by atoms with Gasteiger partial charge in [0, 0.05) is 25.2 Å². The van der Waals surface area contributed by atoms with Crippen molar-refractivity contribution in [2.75, 3.05) is 19.6 Å². The first kappa shape index (κ1) is 17.6. The van der Waals surface area contributed by atoms with Crippen molar-refractivity contribution in [3.8, 4) is 0 Å². The summed E-state index contributed by atoms with van der Waals surface area (Å²) < 4.78 is 26.6. The van der Waals surface area contributed by atoms with E-state index in [9.17, 15) is 18.5 Å². The van der Waals surface area contributed by atoms with E-state index < -0.39 is 14.9 Å². The van der Waals surface area contributed by atoms with Gasteiger partial charge in [-0.1, -0.05) is 17.7 Å². The van der Waals surface area contributed by atoms with E-state index in [4.69, 9.17) is 0 Å². The van der Waals surface area contributed by atoms with Crippen LogP contribution in [-0.4, -0.2) is 33.0 Å². The molecule has 7 nitrogen and oxygen atoms in total. The molecule has 1 aliphatic heterocycles. The number of benzene rings is 1. The summed E-state index contributed by atoms with van der Waals surface area (Å²) in [5, 5.41) is 13.8. The molecule has 21 heavy (non-hydrogen) atoms. The normalized spacial score (nSPS) is 15.0. The molecule has 0 saturated carbocycles. The minimum absolute atomic E-state index is 0.